The fourth-order valence-electron chi connectivity index (χ4n) is 2.28. The van der Waals surface area contributed by atoms with Crippen LogP contribution in [0, 0.1) is 5.92 Å². The van der Waals surface area contributed by atoms with Gasteiger partial charge >= 0.3 is 5.97 Å². The van der Waals surface area contributed by atoms with Gasteiger partial charge in [-0.15, -0.1) is 0 Å². The van der Waals surface area contributed by atoms with E-state index in [0.717, 1.165) is 16.5 Å². The number of aromatic nitrogens is 1. The van der Waals surface area contributed by atoms with E-state index in [1.807, 2.05) is 38.1 Å². The minimum atomic E-state index is -0.343. The molecule has 2 aromatic rings. The van der Waals surface area contributed by atoms with E-state index in [0.29, 0.717) is 11.6 Å². The summed E-state index contributed by atoms with van der Waals surface area (Å²) in [6.07, 6.45) is 1.74. The minimum Gasteiger partial charge on any atom is -0.468 e. The highest BCUT2D eigenvalue weighted by Gasteiger charge is 2.22. The van der Waals surface area contributed by atoms with Gasteiger partial charge in [0, 0.05) is 23.2 Å². The van der Waals surface area contributed by atoms with Gasteiger partial charge in [-0.3, -0.25) is 15.1 Å². The number of pyridine rings is 1. The van der Waals surface area contributed by atoms with Crippen molar-refractivity contribution in [2.45, 2.75) is 26.4 Å². The number of methoxy groups -OCH3 is 1. The van der Waals surface area contributed by atoms with E-state index in [4.69, 9.17) is 16.3 Å². The van der Waals surface area contributed by atoms with Crippen LogP contribution in [0.15, 0.2) is 30.5 Å². The molecule has 2 rings (SSSR count). The molecular formula is C16H19ClN2O2. The van der Waals surface area contributed by atoms with Gasteiger partial charge in [0.1, 0.15) is 6.04 Å². The Kier molecular flexibility index (Phi) is 5.15. The van der Waals surface area contributed by atoms with Gasteiger partial charge in [0.25, 0.3) is 0 Å². The number of carbonyl (C=O) groups is 1. The predicted molar refractivity (Wildman–Crippen MR) is 84.2 cm³/mol. The molecule has 0 saturated heterocycles. The van der Waals surface area contributed by atoms with Gasteiger partial charge in [0.2, 0.25) is 0 Å². The fourth-order valence-corrected chi connectivity index (χ4v) is 2.49. The topological polar surface area (TPSA) is 51.2 Å². The van der Waals surface area contributed by atoms with E-state index in [2.05, 4.69) is 10.3 Å². The standard InChI is InChI=1S/C16H19ClN2O2/c1-10(2)14(16(20)21-3)19-9-11-6-7-13(17)12-5-4-8-18-15(11)12/h4-8,10,14,19H,9H2,1-3H3. The van der Waals surface area contributed by atoms with E-state index in [1.54, 1.807) is 6.20 Å². The number of carbonyl (C=O) groups excluding carboxylic acids is 1. The molecule has 0 radical (unpaired) electrons. The number of esters is 1. The third-order valence-electron chi connectivity index (χ3n) is 3.43. The summed E-state index contributed by atoms with van der Waals surface area (Å²) in [5, 5.41) is 4.83. The molecule has 0 saturated carbocycles. The number of nitrogens with zero attached hydrogens (tertiary/aromatic N) is 1. The monoisotopic (exact) mass is 306 g/mol. The third-order valence-corrected chi connectivity index (χ3v) is 3.76. The first kappa shape index (κ1) is 15.7. The molecule has 21 heavy (non-hydrogen) atoms. The Hall–Kier alpha value is -1.65. The van der Waals surface area contributed by atoms with Crippen molar-refractivity contribution in [3.8, 4) is 0 Å². The molecule has 1 N–H and O–H groups in total. The van der Waals surface area contributed by atoms with Gasteiger partial charge in [-0.2, -0.15) is 0 Å². The second kappa shape index (κ2) is 6.87. The van der Waals surface area contributed by atoms with Crippen molar-refractivity contribution in [1.29, 1.82) is 0 Å². The first-order valence-electron chi connectivity index (χ1n) is 6.88. The molecule has 1 aromatic heterocycles. The number of nitrogens with one attached hydrogen (secondary N) is 1. The Labute approximate surface area is 129 Å². The van der Waals surface area contributed by atoms with Crippen molar-refractivity contribution in [2.24, 2.45) is 5.92 Å². The summed E-state index contributed by atoms with van der Waals surface area (Å²) in [7, 11) is 1.40. The number of ether oxygens (including phenoxy) is 1. The highest BCUT2D eigenvalue weighted by Crippen LogP contribution is 2.24. The first-order chi connectivity index (χ1) is 10.0. The highest BCUT2D eigenvalue weighted by atomic mass is 35.5. The van der Waals surface area contributed by atoms with Crippen molar-refractivity contribution >= 4 is 28.5 Å². The van der Waals surface area contributed by atoms with Crippen molar-refractivity contribution in [1.82, 2.24) is 10.3 Å². The van der Waals surface area contributed by atoms with Crippen LogP contribution in [0.1, 0.15) is 19.4 Å². The van der Waals surface area contributed by atoms with Gasteiger partial charge < -0.3 is 4.74 Å². The number of hydrogen-bond acceptors (Lipinski definition) is 4. The van der Waals surface area contributed by atoms with Crippen LogP contribution in [0.5, 0.6) is 0 Å². The molecule has 1 unspecified atom stereocenters. The molecule has 112 valence electrons. The maximum atomic E-state index is 11.8. The van der Waals surface area contributed by atoms with Crippen molar-refractivity contribution in [2.75, 3.05) is 7.11 Å². The van der Waals surface area contributed by atoms with Crippen LogP contribution in [-0.4, -0.2) is 24.1 Å². The lowest BCUT2D eigenvalue weighted by Crippen LogP contribution is -2.41. The Bertz CT molecular complexity index is 643. The molecular weight excluding hydrogens is 288 g/mol. The lowest BCUT2D eigenvalue weighted by Gasteiger charge is -2.20. The predicted octanol–water partition coefficient (Wildman–Crippen LogP) is 3.18. The highest BCUT2D eigenvalue weighted by molar-refractivity contribution is 6.35. The van der Waals surface area contributed by atoms with Crippen LogP contribution in [0.3, 0.4) is 0 Å². The van der Waals surface area contributed by atoms with E-state index < -0.39 is 0 Å². The average Bonchev–Trinajstić information content (AvgIpc) is 2.49. The molecule has 0 amide bonds. The normalized spacial score (nSPS) is 12.6. The van der Waals surface area contributed by atoms with E-state index in [-0.39, 0.29) is 17.9 Å². The minimum absolute atomic E-state index is 0.143. The average molecular weight is 307 g/mol. The van der Waals surface area contributed by atoms with E-state index >= 15 is 0 Å². The molecule has 0 aliphatic carbocycles. The summed E-state index contributed by atoms with van der Waals surface area (Å²) in [5.41, 5.74) is 1.86. The van der Waals surface area contributed by atoms with Gasteiger partial charge in [-0.1, -0.05) is 31.5 Å². The number of rotatable bonds is 5. The van der Waals surface area contributed by atoms with Crippen molar-refractivity contribution in [3.05, 3.63) is 41.0 Å². The Morgan fingerprint density at radius 1 is 1.38 bits per heavy atom. The van der Waals surface area contributed by atoms with Crippen LogP contribution in [0.2, 0.25) is 5.02 Å². The van der Waals surface area contributed by atoms with Crippen LogP contribution < -0.4 is 5.32 Å². The largest absolute Gasteiger partial charge is 0.468 e. The molecule has 0 aliphatic heterocycles. The Morgan fingerprint density at radius 2 is 2.14 bits per heavy atom. The lowest BCUT2D eigenvalue weighted by atomic mass is 10.0. The maximum Gasteiger partial charge on any atom is 0.323 e. The molecule has 1 aromatic carbocycles. The Morgan fingerprint density at radius 3 is 2.81 bits per heavy atom. The zero-order chi connectivity index (χ0) is 15.4. The van der Waals surface area contributed by atoms with Gasteiger partial charge in [0.15, 0.2) is 0 Å². The molecule has 0 aliphatic rings. The summed E-state index contributed by atoms with van der Waals surface area (Å²) in [4.78, 5) is 16.2. The molecule has 1 atom stereocenters. The third kappa shape index (κ3) is 3.52. The number of fused-ring (bicyclic) bond motifs is 1. The Balaban J connectivity index is 2.24. The molecule has 0 spiro atoms. The number of halogens is 1. The second-order valence-electron chi connectivity index (χ2n) is 5.23. The summed E-state index contributed by atoms with van der Waals surface area (Å²) < 4.78 is 4.83. The van der Waals surface area contributed by atoms with Crippen LogP contribution in [-0.2, 0) is 16.1 Å². The van der Waals surface area contributed by atoms with Crippen LogP contribution in [0.4, 0.5) is 0 Å². The summed E-state index contributed by atoms with van der Waals surface area (Å²) in [6, 6.07) is 7.24. The molecule has 0 fully saturated rings. The van der Waals surface area contributed by atoms with E-state index in [9.17, 15) is 4.79 Å². The van der Waals surface area contributed by atoms with Crippen molar-refractivity contribution < 1.29 is 9.53 Å². The number of hydrogen-bond donors (Lipinski definition) is 1. The molecule has 1 heterocycles. The summed E-state index contributed by atoms with van der Waals surface area (Å²) in [6.45, 7) is 4.49. The lowest BCUT2D eigenvalue weighted by molar-refractivity contribution is -0.144. The van der Waals surface area contributed by atoms with E-state index in [1.165, 1.54) is 7.11 Å². The quantitative estimate of drug-likeness (QED) is 0.862. The van der Waals surface area contributed by atoms with Gasteiger partial charge in [-0.25, -0.2) is 0 Å². The molecule has 0 bridgehead atoms. The zero-order valence-electron chi connectivity index (χ0n) is 12.4. The van der Waals surface area contributed by atoms with Crippen molar-refractivity contribution in [3.63, 3.8) is 0 Å². The maximum absolute atomic E-state index is 11.8. The molecule has 5 heteroatoms. The van der Waals surface area contributed by atoms with Crippen LogP contribution in [0.25, 0.3) is 10.9 Å². The smallest absolute Gasteiger partial charge is 0.323 e. The molecule has 4 nitrogen and oxygen atoms in total. The first-order valence-corrected chi connectivity index (χ1v) is 7.25. The fraction of sp³-hybridized carbons (Fsp3) is 0.375. The van der Waals surface area contributed by atoms with Crippen LogP contribution >= 0.6 is 11.6 Å². The van der Waals surface area contributed by atoms with Gasteiger partial charge in [0.05, 0.1) is 12.6 Å². The summed E-state index contributed by atoms with van der Waals surface area (Å²) >= 11 is 6.18. The number of benzene rings is 1. The summed E-state index contributed by atoms with van der Waals surface area (Å²) in [5.74, 6) is -0.111. The second-order valence-corrected chi connectivity index (χ2v) is 5.64. The van der Waals surface area contributed by atoms with Gasteiger partial charge in [-0.05, 0) is 29.7 Å². The SMILES string of the molecule is COC(=O)C(NCc1ccc(Cl)c2cccnc12)C(C)C. The zero-order valence-corrected chi connectivity index (χ0v) is 13.1.